The van der Waals surface area contributed by atoms with Crippen molar-refractivity contribution in [3.05, 3.63) is 69.5 Å². The molecule has 0 bridgehead atoms. The number of hydrogen-bond acceptors (Lipinski definition) is 4. The Kier molecular flexibility index (Phi) is 4.26. The van der Waals surface area contributed by atoms with Gasteiger partial charge < -0.3 is 10.6 Å². The van der Waals surface area contributed by atoms with Crippen molar-refractivity contribution >= 4 is 28.8 Å². The Labute approximate surface area is 155 Å². The number of nitrogens with one attached hydrogen (secondary N) is 2. The van der Waals surface area contributed by atoms with Gasteiger partial charge in [0, 0.05) is 22.2 Å². The van der Waals surface area contributed by atoms with E-state index >= 15 is 0 Å². The number of amides is 2. The number of nitrogens with zero attached hydrogens (tertiary/aromatic N) is 1. The fraction of sp³-hybridized carbons (Fsp3) is 0.150. The van der Waals surface area contributed by atoms with Crippen LogP contribution in [0.3, 0.4) is 0 Å². The summed E-state index contributed by atoms with van der Waals surface area (Å²) in [4.78, 5) is 28.4. The highest BCUT2D eigenvalue weighted by molar-refractivity contribution is 7.09. The van der Waals surface area contributed by atoms with Crippen LogP contribution < -0.4 is 10.6 Å². The van der Waals surface area contributed by atoms with Gasteiger partial charge in [-0.25, -0.2) is 4.98 Å². The number of carbonyl (C=O) groups is 2. The van der Waals surface area contributed by atoms with Gasteiger partial charge in [-0.05, 0) is 36.2 Å². The number of aromatic nitrogens is 1. The van der Waals surface area contributed by atoms with Crippen LogP contribution in [-0.4, -0.2) is 16.8 Å². The monoisotopic (exact) mass is 363 g/mol. The fourth-order valence-electron chi connectivity index (χ4n) is 2.99. The number of benzene rings is 2. The first-order valence-corrected chi connectivity index (χ1v) is 9.19. The maximum Gasteiger partial charge on any atom is 0.251 e. The molecule has 0 atom stereocenters. The second kappa shape index (κ2) is 6.72. The first kappa shape index (κ1) is 16.5. The summed E-state index contributed by atoms with van der Waals surface area (Å²) in [5.41, 5.74) is 5.34. The number of aryl methyl sites for hydroxylation is 1. The van der Waals surface area contributed by atoms with Gasteiger partial charge in [-0.1, -0.05) is 24.3 Å². The Morgan fingerprint density at radius 2 is 2.12 bits per heavy atom. The van der Waals surface area contributed by atoms with E-state index in [9.17, 15) is 9.59 Å². The molecule has 5 nitrogen and oxygen atoms in total. The fourth-order valence-corrected chi connectivity index (χ4v) is 3.74. The van der Waals surface area contributed by atoms with Crippen LogP contribution in [0.1, 0.15) is 26.5 Å². The van der Waals surface area contributed by atoms with Gasteiger partial charge in [-0.2, -0.15) is 0 Å². The van der Waals surface area contributed by atoms with E-state index in [4.69, 9.17) is 0 Å². The van der Waals surface area contributed by atoms with Gasteiger partial charge in [0.2, 0.25) is 5.91 Å². The third-order valence-electron chi connectivity index (χ3n) is 4.37. The SMILES string of the molecule is Cc1ccccc1C(=O)NCc1nc(-c2ccc3c(c2)CC(=O)N3)cs1. The molecule has 0 saturated carbocycles. The normalized spacial score (nSPS) is 12.6. The average molecular weight is 363 g/mol. The minimum absolute atomic E-state index is 0.0232. The van der Waals surface area contributed by atoms with Crippen molar-refractivity contribution in [2.75, 3.05) is 5.32 Å². The summed E-state index contributed by atoms with van der Waals surface area (Å²) in [6, 6.07) is 13.4. The number of fused-ring (bicyclic) bond motifs is 1. The van der Waals surface area contributed by atoms with Crippen molar-refractivity contribution < 1.29 is 9.59 Å². The van der Waals surface area contributed by atoms with Crippen molar-refractivity contribution in [3.8, 4) is 11.3 Å². The van der Waals surface area contributed by atoms with Crippen molar-refractivity contribution in [2.24, 2.45) is 0 Å². The molecule has 4 rings (SSSR count). The molecule has 2 N–H and O–H groups in total. The molecule has 1 aromatic heterocycles. The van der Waals surface area contributed by atoms with Crippen LogP contribution >= 0.6 is 11.3 Å². The molecule has 1 aliphatic heterocycles. The Morgan fingerprint density at radius 3 is 2.96 bits per heavy atom. The largest absolute Gasteiger partial charge is 0.346 e. The lowest BCUT2D eigenvalue weighted by molar-refractivity contribution is -0.115. The molecule has 26 heavy (non-hydrogen) atoms. The number of rotatable bonds is 4. The van der Waals surface area contributed by atoms with E-state index in [1.54, 1.807) is 0 Å². The van der Waals surface area contributed by atoms with Crippen LogP contribution in [0.15, 0.2) is 47.8 Å². The highest BCUT2D eigenvalue weighted by Crippen LogP contribution is 2.29. The maximum absolute atomic E-state index is 12.3. The molecule has 2 heterocycles. The minimum atomic E-state index is -0.0954. The summed E-state index contributed by atoms with van der Waals surface area (Å²) in [6.07, 6.45) is 0.409. The second-order valence-corrected chi connectivity index (χ2v) is 7.16. The third kappa shape index (κ3) is 3.23. The van der Waals surface area contributed by atoms with Gasteiger partial charge >= 0.3 is 0 Å². The summed E-state index contributed by atoms with van der Waals surface area (Å²) in [5, 5.41) is 8.57. The van der Waals surface area contributed by atoms with Crippen LogP contribution in [0.4, 0.5) is 5.69 Å². The first-order valence-electron chi connectivity index (χ1n) is 8.31. The van der Waals surface area contributed by atoms with Crippen molar-refractivity contribution in [1.29, 1.82) is 0 Å². The van der Waals surface area contributed by atoms with Gasteiger partial charge in [0.05, 0.1) is 18.7 Å². The topological polar surface area (TPSA) is 71.1 Å². The molecule has 6 heteroatoms. The molecule has 3 aromatic rings. The van der Waals surface area contributed by atoms with E-state index < -0.39 is 0 Å². The highest BCUT2D eigenvalue weighted by atomic mass is 32.1. The smallest absolute Gasteiger partial charge is 0.251 e. The lowest BCUT2D eigenvalue weighted by Crippen LogP contribution is -2.23. The molecular formula is C20H17N3O2S. The number of hydrogen-bond donors (Lipinski definition) is 2. The maximum atomic E-state index is 12.3. The van der Waals surface area contributed by atoms with E-state index in [0.29, 0.717) is 18.5 Å². The van der Waals surface area contributed by atoms with E-state index in [-0.39, 0.29) is 11.8 Å². The molecule has 1 aliphatic rings. The summed E-state index contributed by atoms with van der Waals surface area (Å²) >= 11 is 1.51. The summed E-state index contributed by atoms with van der Waals surface area (Å²) in [5.74, 6) is -0.0722. The van der Waals surface area contributed by atoms with E-state index in [1.807, 2.05) is 54.8 Å². The highest BCUT2D eigenvalue weighted by Gasteiger charge is 2.18. The number of anilines is 1. The zero-order chi connectivity index (χ0) is 18.1. The number of carbonyl (C=O) groups excluding carboxylic acids is 2. The zero-order valence-corrected chi connectivity index (χ0v) is 15.0. The molecule has 0 aliphatic carbocycles. The van der Waals surface area contributed by atoms with Gasteiger partial charge in [-0.3, -0.25) is 9.59 Å². The zero-order valence-electron chi connectivity index (χ0n) is 14.2. The molecule has 130 valence electrons. The Morgan fingerprint density at radius 1 is 1.27 bits per heavy atom. The summed E-state index contributed by atoms with van der Waals surface area (Å²) in [6.45, 7) is 2.31. The average Bonchev–Trinajstić information content (AvgIpc) is 3.24. The number of thiazole rings is 1. The quantitative estimate of drug-likeness (QED) is 0.745. The van der Waals surface area contributed by atoms with Gasteiger partial charge in [0.25, 0.3) is 5.91 Å². The van der Waals surface area contributed by atoms with Crippen molar-refractivity contribution in [2.45, 2.75) is 19.9 Å². The second-order valence-electron chi connectivity index (χ2n) is 6.22. The van der Waals surface area contributed by atoms with Gasteiger partial charge in [-0.15, -0.1) is 11.3 Å². The molecule has 0 fully saturated rings. The first-order chi connectivity index (χ1) is 12.6. The minimum Gasteiger partial charge on any atom is -0.346 e. The molecule has 0 unspecified atom stereocenters. The van der Waals surface area contributed by atoms with Crippen LogP contribution in [-0.2, 0) is 17.8 Å². The van der Waals surface area contributed by atoms with Crippen LogP contribution in [0.5, 0.6) is 0 Å². The molecule has 0 saturated heterocycles. The Bertz CT molecular complexity index is 1010. The lowest BCUT2D eigenvalue weighted by atomic mass is 10.1. The predicted octanol–water partition coefficient (Wildman–Crippen LogP) is 3.54. The van der Waals surface area contributed by atoms with Crippen LogP contribution in [0.25, 0.3) is 11.3 Å². The van der Waals surface area contributed by atoms with Gasteiger partial charge in [0.1, 0.15) is 5.01 Å². The van der Waals surface area contributed by atoms with E-state index in [0.717, 1.165) is 33.1 Å². The molecule has 2 amide bonds. The Balaban J connectivity index is 1.46. The molecular weight excluding hydrogens is 346 g/mol. The molecule has 0 spiro atoms. The standard InChI is InChI=1S/C20H17N3O2S/c1-12-4-2-3-5-15(12)20(25)21-10-19-23-17(11-26-19)13-6-7-16-14(8-13)9-18(24)22-16/h2-8,11H,9-10H2,1H3,(H,21,25)(H,22,24). The summed E-state index contributed by atoms with van der Waals surface area (Å²) in [7, 11) is 0. The van der Waals surface area contributed by atoms with Crippen molar-refractivity contribution in [1.82, 2.24) is 10.3 Å². The molecule has 2 aromatic carbocycles. The van der Waals surface area contributed by atoms with E-state index in [1.165, 1.54) is 11.3 Å². The summed E-state index contributed by atoms with van der Waals surface area (Å²) < 4.78 is 0. The van der Waals surface area contributed by atoms with Crippen LogP contribution in [0, 0.1) is 6.92 Å². The van der Waals surface area contributed by atoms with Crippen LogP contribution in [0.2, 0.25) is 0 Å². The predicted molar refractivity (Wildman–Crippen MR) is 102 cm³/mol. The van der Waals surface area contributed by atoms with Gasteiger partial charge in [0.15, 0.2) is 0 Å². The lowest BCUT2D eigenvalue weighted by Gasteiger charge is -2.06. The van der Waals surface area contributed by atoms with Crippen molar-refractivity contribution in [3.63, 3.8) is 0 Å². The molecule has 0 radical (unpaired) electrons. The Hall–Kier alpha value is -2.99. The van der Waals surface area contributed by atoms with E-state index in [2.05, 4.69) is 15.6 Å². The third-order valence-corrected chi connectivity index (χ3v) is 5.22.